The topological polar surface area (TPSA) is 64.3 Å². The Morgan fingerprint density at radius 3 is 2.31 bits per heavy atom. The highest BCUT2D eigenvalue weighted by molar-refractivity contribution is 6.15. The molecule has 0 unspecified atom stereocenters. The summed E-state index contributed by atoms with van der Waals surface area (Å²) in [4.78, 5) is 12.7. The SMILES string of the molecule is CN(C)/C=C(/C(=O)O)c1ccc(C#N)cc1. The Bertz CT molecular complexity index is 453. The third-order valence-corrected chi connectivity index (χ3v) is 1.94. The van der Waals surface area contributed by atoms with Gasteiger partial charge >= 0.3 is 5.97 Å². The summed E-state index contributed by atoms with van der Waals surface area (Å²) in [6.45, 7) is 0. The van der Waals surface area contributed by atoms with E-state index in [-0.39, 0.29) is 5.57 Å². The number of hydrogen-bond donors (Lipinski definition) is 1. The molecular formula is C12H12N2O2. The van der Waals surface area contributed by atoms with Crippen LogP contribution >= 0.6 is 0 Å². The van der Waals surface area contributed by atoms with Gasteiger partial charge in [0.05, 0.1) is 17.2 Å². The Morgan fingerprint density at radius 1 is 1.38 bits per heavy atom. The minimum Gasteiger partial charge on any atom is -0.478 e. The van der Waals surface area contributed by atoms with Gasteiger partial charge in [-0.25, -0.2) is 4.79 Å². The molecule has 0 heterocycles. The number of nitriles is 1. The minimum absolute atomic E-state index is 0.203. The average Bonchev–Trinajstić information content (AvgIpc) is 2.25. The third-order valence-electron chi connectivity index (χ3n) is 1.94. The summed E-state index contributed by atoms with van der Waals surface area (Å²) in [5, 5.41) is 17.7. The molecule has 4 nitrogen and oxygen atoms in total. The van der Waals surface area contributed by atoms with Crippen molar-refractivity contribution in [2.45, 2.75) is 0 Å². The normalized spacial score (nSPS) is 10.7. The highest BCUT2D eigenvalue weighted by Gasteiger charge is 2.10. The van der Waals surface area contributed by atoms with Crippen molar-refractivity contribution in [3.8, 4) is 6.07 Å². The van der Waals surface area contributed by atoms with Crippen molar-refractivity contribution in [2.24, 2.45) is 0 Å². The van der Waals surface area contributed by atoms with E-state index in [1.54, 1.807) is 43.3 Å². The maximum atomic E-state index is 11.0. The molecule has 0 atom stereocenters. The zero-order valence-electron chi connectivity index (χ0n) is 9.14. The van der Waals surface area contributed by atoms with Crippen molar-refractivity contribution < 1.29 is 9.90 Å². The van der Waals surface area contributed by atoms with Crippen molar-refractivity contribution in [1.29, 1.82) is 5.26 Å². The maximum Gasteiger partial charge on any atom is 0.337 e. The van der Waals surface area contributed by atoms with Crippen molar-refractivity contribution in [3.63, 3.8) is 0 Å². The lowest BCUT2D eigenvalue weighted by atomic mass is 10.1. The Morgan fingerprint density at radius 2 is 1.94 bits per heavy atom. The molecule has 1 N–H and O–H groups in total. The molecule has 0 saturated carbocycles. The second-order valence-electron chi connectivity index (χ2n) is 3.50. The molecule has 0 spiro atoms. The first kappa shape index (κ1) is 11.8. The van der Waals surface area contributed by atoms with E-state index in [0.29, 0.717) is 11.1 Å². The lowest BCUT2D eigenvalue weighted by molar-refractivity contribution is -0.130. The van der Waals surface area contributed by atoms with Gasteiger partial charge in [0.15, 0.2) is 0 Å². The van der Waals surface area contributed by atoms with E-state index in [9.17, 15) is 4.79 Å². The standard InChI is InChI=1S/C12H12N2O2/c1-14(2)8-11(12(15)16)10-5-3-9(7-13)4-6-10/h3-6,8H,1-2H3,(H,15,16)/b11-8+. The van der Waals surface area contributed by atoms with Crippen LogP contribution in [0.5, 0.6) is 0 Å². The summed E-state index contributed by atoms with van der Waals surface area (Å²) in [5.74, 6) is -0.988. The van der Waals surface area contributed by atoms with Crippen molar-refractivity contribution in [2.75, 3.05) is 14.1 Å². The van der Waals surface area contributed by atoms with E-state index in [0.717, 1.165) is 0 Å². The maximum absolute atomic E-state index is 11.0. The van der Waals surface area contributed by atoms with Crippen LogP contribution < -0.4 is 0 Å². The van der Waals surface area contributed by atoms with Gasteiger partial charge in [0.1, 0.15) is 0 Å². The highest BCUT2D eigenvalue weighted by Crippen LogP contribution is 2.15. The molecule has 0 fully saturated rings. The van der Waals surface area contributed by atoms with E-state index >= 15 is 0 Å². The van der Waals surface area contributed by atoms with Crippen LogP contribution in [-0.4, -0.2) is 30.1 Å². The fourth-order valence-corrected chi connectivity index (χ4v) is 1.24. The number of benzene rings is 1. The van der Waals surface area contributed by atoms with Crippen LogP contribution in [0, 0.1) is 11.3 Å². The Labute approximate surface area is 94.0 Å². The second-order valence-corrected chi connectivity index (χ2v) is 3.50. The first-order valence-corrected chi connectivity index (χ1v) is 4.66. The Hall–Kier alpha value is -2.28. The molecule has 1 rings (SSSR count). The summed E-state index contributed by atoms with van der Waals surface area (Å²) in [5.41, 5.74) is 1.30. The van der Waals surface area contributed by atoms with Crippen LogP contribution in [0.4, 0.5) is 0 Å². The number of hydrogen-bond acceptors (Lipinski definition) is 3. The molecule has 0 aliphatic carbocycles. The molecule has 16 heavy (non-hydrogen) atoms. The summed E-state index contributed by atoms with van der Waals surface area (Å²) >= 11 is 0. The molecule has 4 heteroatoms. The summed E-state index contributed by atoms with van der Waals surface area (Å²) in [6, 6.07) is 8.44. The quantitative estimate of drug-likeness (QED) is 0.778. The molecule has 0 aliphatic rings. The molecule has 0 radical (unpaired) electrons. The molecule has 82 valence electrons. The van der Waals surface area contributed by atoms with E-state index < -0.39 is 5.97 Å². The van der Waals surface area contributed by atoms with Crippen LogP contribution in [-0.2, 0) is 4.79 Å². The average molecular weight is 216 g/mol. The predicted octanol–water partition coefficient (Wildman–Crippen LogP) is 1.55. The van der Waals surface area contributed by atoms with Gasteiger partial charge in [-0.05, 0) is 17.7 Å². The van der Waals surface area contributed by atoms with Gasteiger partial charge in [0.25, 0.3) is 0 Å². The smallest absolute Gasteiger partial charge is 0.337 e. The van der Waals surface area contributed by atoms with Gasteiger partial charge in [-0.1, -0.05) is 12.1 Å². The van der Waals surface area contributed by atoms with Crippen LogP contribution in [0.15, 0.2) is 30.5 Å². The number of aliphatic carboxylic acids is 1. The van der Waals surface area contributed by atoms with E-state index in [4.69, 9.17) is 10.4 Å². The first-order valence-electron chi connectivity index (χ1n) is 4.66. The van der Waals surface area contributed by atoms with E-state index in [2.05, 4.69) is 0 Å². The van der Waals surface area contributed by atoms with Gasteiger partial charge in [-0.3, -0.25) is 0 Å². The largest absolute Gasteiger partial charge is 0.478 e. The zero-order chi connectivity index (χ0) is 12.1. The zero-order valence-corrected chi connectivity index (χ0v) is 9.14. The second kappa shape index (κ2) is 4.99. The van der Waals surface area contributed by atoms with Gasteiger partial charge in [-0.15, -0.1) is 0 Å². The Kier molecular flexibility index (Phi) is 3.67. The highest BCUT2D eigenvalue weighted by atomic mass is 16.4. The number of carboxylic acid groups (broad SMARTS) is 1. The lowest BCUT2D eigenvalue weighted by Gasteiger charge is -2.08. The van der Waals surface area contributed by atoms with Crippen LogP contribution in [0.2, 0.25) is 0 Å². The monoisotopic (exact) mass is 216 g/mol. The number of carbonyl (C=O) groups is 1. The van der Waals surface area contributed by atoms with Gasteiger partial charge in [-0.2, -0.15) is 5.26 Å². The number of carboxylic acids is 1. The van der Waals surface area contributed by atoms with Crippen molar-refractivity contribution >= 4 is 11.5 Å². The summed E-state index contributed by atoms with van der Waals surface area (Å²) < 4.78 is 0. The molecule has 0 amide bonds. The van der Waals surface area contributed by atoms with Gasteiger partial charge in [0, 0.05) is 20.3 Å². The Balaban J connectivity index is 3.13. The van der Waals surface area contributed by atoms with Crippen LogP contribution in [0.3, 0.4) is 0 Å². The number of rotatable bonds is 3. The van der Waals surface area contributed by atoms with Gasteiger partial charge < -0.3 is 10.0 Å². The van der Waals surface area contributed by atoms with Crippen molar-refractivity contribution in [3.05, 3.63) is 41.6 Å². The fourth-order valence-electron chi connectivity index (χ4n) is 1.24. The summed E-state index contributed by atoms with van der Waals surface area (Å²) in [6.07, 6.45) is 1.53. The molecule has 1 aromatic rings. The first-order chi connectivity index (χ1) is 7.54. The molecule has 0 aliphatic heterocycles. The van der Waals surface area contributed by atoms with E-state index in [1.807, 2.05) is 6.07 Å². The van der Waals surface area contributed by atoms with Crippen LogP contribution in [0.25, 0.3) is 5.57 Å². The van der Waals surface area contributed by atoms with E-state index in [1.165, 1.54) is 6.20 Å². The lowest BCUT2D eigenvalue weighted by Crippen LogP contribution is -2.08. The molecule has 1 aromatic carbocycles. The molecular weight excluding hydrogens is 204 g/mol. The predicted molar refractivity (Wildman–Crippen MR) is 60.5 cm³/mol. The van der Waals surface area contributed by atoms with Gasteiger partial charge in [0.2, 0.25) is 0 Å². The van der Waals surface area contributed by atoms with Crippen LogP contribution in [0.1, 0.15) is 11.1 Å². The molecule has 0 bridgehead atoms. The molecule has 0 aromatic heterocycles. The fraction of sp³-hybridized carbons (Fsp3) is 0.167. The van der Waals surface area contributed by atoms with Crippen molar-refractivity contribution in [1.82, 2.24) is 4.90 Å². The number of nitrogens with zero attached hydrogens (tertiary/aromatic N) is 2. The summed E-state index contributed by atoms with van der Waals surface area (Å²) in [7, 11) is 3.51. The minimum atomic E-state index is -0.988. The molecule has 0 saturated heterocycles. The third kappa shape index (κ3) is 2.85.